The standard InChI is InChI=1S/C17H29N5OS.HI/c1-5-6-7-8-9-12-22(4)17(18-3)20-11-10-19-16(23)15-14(2)21-13-24-15;/h5,13H,1,6-12H2,2-4H3,(H,18,20)(H,19,23);1H. The summed E-state index contributed by atoms with van der Waals surface area (Å²) in [4.78, 5) is 23.1. The van der Waals surface area contributed by atoms with Gasteiger partial charge in [-0.15, -0.1) is 41.9 Å². The van der Waals surface area contributed by atoms with E-state index in [-0.39, 0.29) is 29.9 Å². The second kappa shape index (κ2) is 14.1. The van der Waals surface area contributed by atoms with Crippen LogP contribution in [0.3, 0.4) is 0 Å². The summed E-state index contributed by atoms with van der Waals surface area (Å²) in [6.07, 6.45) is 6.55. The summed E-state index contributed by atoms with van der Waals surface area (Å²) in [5.74, 6) is 0.782. The van der Waals surface area contributed by atoms with Crippen LogP contribution in [0, 0.1) is 6.92 Å². The molecule has 1 amide bonds. The summed E-state index contributed by atoms with van der Waals surface area (Å²) in [7, 11) is 3.80. The van der Waals surface area contributed by atoms with Gasteiger partial charge in [0.25, 0.3) is 5.91 Å². The van der Waals surface area contributed by atoms with E-state index in [1.807, 2.05) is 20.0 Å². The van der Waals surface area contributed by atoms with Crippen molar-refractivity contribution in [2.75, 3.05) is 33.7 Å². The fraction of sp³-hybridized carbons (Fsp3) is 0.588. The third kappa shape index (κ3) is 9.20. The number of allylic oxidation sites excluding steroid dienone is 1. The minimum absolute atomic E-state index is 0. The van der Waals surface area contributed by atoms with E-state index in [4.69, 9.17) is 0 Å². The molecule has 0 aliphatic rings. The predicted octanol–water partition coefficient (Wildman–Crippen LogP) is 3.05. The van der Waals surface area contributed by atoms with Crippen LogP contribution in [0.2, 0.25) is 0 Å². The van der Waals surface area contributed by atoms with Crippen LogP contribution < -0.4 is 10.6 Å². The molecule has 0 atom stereocenters. The average Bonchev–Trinajstić information content (AvgIpc) is 3.00. The molecule has 25 heavy (non-hydrogen) atoms. The zero-order valence-electron chi connectivity index (χ0n) is 15.4. The number of rotatable bonds is 10. The van der Waals surface area contributed by atoms with Crippen molar-refractivity contribution in [2.24, 2.45) is 4.99 Å². The molecule has 2 N–H and O–H groups in total. The van der Waals surface area contributed by atoms with Crippen molar-refractivity contribution in [3.8, 4) is 0 Å². The third-order valence-corrected chi connectivity index (χ3v) is 4.55. The van der Waals surface area contributed by atoms with Gasteiger partial charge in [-0.25, -0.2) is 4.98 Å². The van der Waals surface area contributed by atoms with Gasteiger partial charge in [-0.2, -0.15) is 0 Å². The van der Waals surface area contributed by atoms with Crippen LogP contribution in [-0.2, 0) is 0 Å². The highest BCUT2D eigenvalue weighted by atomic mass is 127. The van der Waals surface area contributed by atoms with Gasteiger partial charge in [0.15, 0.2) is 5.96 Å². The lowest BCUT2D eigenvalue weighted by atomic mass is 10.2. The van der Waals surface area contributed by atoms with Crippen molar-refractivity contribution in [2.45, 2.75) is 32.6 Å². The summed E-state index contributed by atoms with van der Waals surface area (Å²) in [5, 5.41) is 6.17. The Balaban J connectivity index is 0.00000576. The molecule has 1 aromatic heterocycles. The van der Waals surface area contributed by atoms with Crippen LogP contribution in [0.15, 0.2) is 23.2 Å². The van der Waals surface area contributed by atoms with Gasteiger partial charge in [-0.05, 0) is 26.2 Å². The van der Waals surface area contributed by atoms with Gasteiger partial charge in [0, 0.05) is 33.7 Å². The first-order valence-electron chi connectivity index (χ1n) is 8.31. The quantitative estimate of drug-likeness (QED) is 0.178. The van der Waals surface area contributed by atoms with Gasteiger partial charge in [0.2, 0.25) is 0 Å². The van der Waals surface area contributed by atoms with Crippen LogP contribution in [0.25, 0.3) is 0 Å². The SMILES string of the molecule is C=CCCCCCN(C)C(=NC)NCCNC(=O)c1scnc1C.I. The van der Waals surface area contributed by atoms with Gasteiger partial charge in [-0.1, -0.05) is 12.5 Å². The average molecular weight is 479 g/mol. The molecule has 0 bridgehead atoms. The summed E-state index contributed by atoms with van der Waals surface area (Å²) in [6, 6.07) is 0. The molecule has 0 aromatic carbocycles. The molecular weight excluding hydrogens is 449 g/mol. The highest BCUT2D eigenvalue weighted by Gasteiger charge is 2.11. The molecule has 0 spiro atoms. The number of aryl methyl sites for hydroxylation is 1. The number of thiazole rings is 1. The fourth-order valence-electron chi connectivity index (χ4n) is 2.26. The maximum atomic E-state index is 12.0. The Hall–Kier alpha value is -1.16. The molecule has 0 fully saturated rings. The second-order valence-corrected chi connectivity index (χ2v) is 6.41. The van der Waals surface area contributed by atoms with Crippen molar-refractivity contribution in [1.29, 1.82) is 0 Å². The number of nitrogens with one attached hydrogen (secondary N) is 2. The van der Waals surface area contributed by atoms with E-state index in [9.17, 15) is 4.79 Å². The molecule has 1 heterocycles. The third-order valence-electron chi connectivity index (χ3n) is 3.62. The van der Waals surface area contributed by atoms with E-state index in [0.717, 1.165) is 31.0 Å². The van der Waals surface area contributed by atoms with Crippen LogP contribution in [0.1, 0.15) is 41.0 Å². The zero-order chi connectivity index (χ0) is 17.8. The smallest absolute Gasteiger partial charge is 0.263 e. The molecule has 0 aliphatic carbocycles. The molecule has 1 rings (SSSR count). The predicted molar refractivity (Wildman–Crippen MR) is 117 cm³/mol. The Bertz CT molecular complexity index is 547. The highest BCUT2D eigenvalue weighted by Crippen LogP contribution is 2.11. The minimum atomic E-state index is -0.0673. The Kier molecular flexibility index (Phi) is 13.4. The van der Waals surface area contributed by atoms with Crippen molar-refractivity contribution in [1.82, 2.24) is 20.5 Å². The highest BCUT2D eigenvalue weighted by molar-refractivity contribution is 14.0. The van der Waals surface area contributed by atoms with Gasteiger partial charge >= 0.3 is 0 Å². The number of carbonyl (C=O) groups excluding carboxylic acids is 1. The number of nitrogens with zero attached hydrogens (tertiary/aromatic N) is 3. The van der Waals surface area contributed by atoms with Crippen LogP contribution in [0.4, 0.5) is 0 Å². The number of amides is 1. The number of aromatic nitrogens is 1. The summed E-state index contributed by atoms with van der Waals surface area (Å²) < 4.78 is 0. The number of hydrogen-bond donors (Lipinski definition) is 2. The zero-order valence-corrected chi connectivity index (χ0v) is 18.5. The molecule has 0 saturated carbocycles. The maximum absolute atomic E-state index is 12.0. The molecule has 6 nitrogen and oxygen atoms in total. The number of guanidine groups is 1. The van der Waals surface area contributed by atoms with Gasteiger partial charge in [0.05, 0.1) is 11.2 Å². The lowest BCUT2D eigenvalue weighted by Crippen LogP contribution is -2.42. The second-order valence-electron chi connectivity index (χ2n) is 5.56. The Morgan fingerprint density at radius 2 is 2.08 bits per heavy atom. The van der Waals surface area contributed by atoms with E-state index in [1.54, 1.807) is 12.6 Å². The van der Waals surface area contributed by atoms with Crippen LogP contribution in [-0.4, -0.2) is 55.5 Å². The van der Waals surface area contributed by atoms with E-state index >= 15 is 0 Å². The van der Waals surface area contributed by atoms with Crippen LogP contribution >= 0.6 is 35.3 Å². The fourth-order valence-corrected chi connectivity index (χ4v) is 2.97. The molecule has 1 aromatic rings. The molecule has 0 saturated heterocycles. The molecule has 0 unspecified atom stereocenters. The Labute approximate surface area is 172 Å². The number of carbonyl (C=O) groups is 1. The largest absolute Gasteiger partial charge is 0.354 e. The minimum Gasteiger partial charge on any atom is -0.354 e. The summed E-state index contributed by atoms with van der Waals surface area (Å²) >= 11 is 1.36. The lowest BCUT2D eigenvalue weighted by Gasteiger charge is -2.22. The van der Waals surface area contributed by atoms with E-state index in [2.05, 4.69) is 32.1 Å². The van der Waals surface area contributed by atoms with Crippen molar-refractivity contribution in [3.63, 3.8) is 0 Å². The Morgan fingerprint density at radius 1 is 1.36 bits per heavy atom. The van der Waals surface area contributed by atoms with E-state index in [0.29, 0.717) is 18.0 Å². The van der Waals surface area contributed by atoms with Crippen molar-refractivity contribution in [3.05, 3.63) is 28.7 Å². The van der Waals surface area contributed by atoms with Gasteiger partial charge in [0.1, 0.15) is 4.88 Å². The van der Waals surface area contributed by atoms with Crippen molar-refractivity contribution < 1.29 is 4.79 Å². The summed E-state index contributed by atoms with van der Waals surface area (Å²) in [5.41, 5.74) is 2.46. The Morgan fingerprint density at radius 3 is 2.68 bits per heavy atom. The maximum Gasteiger partial charge on any atom is 0.263 e. The number of unbranched alkanes of at least 4 members (excludes halogenated alkanes) is 3. The molecule has 142 valence electrons. The summed E-state index contributed by atoms with van der Waals surface area (Å²) in [6.45, 7) is 7.72. The molecule has 0 radical (unpaired) electrons. The number of aliphatic imine (C=N–C) groups is 1. The first-order chi connectivity index (χ1) is 11.6. The number of halogens is 1. The first kappa shape index (κ1) is 23.8. The monoisotopic (exact) mass is 479 g/mol. The normalized spacial score (nSPS) is 10.8. The van der Waals surface area contributed by atoms with Crippen molar-refractivity contribution >= 4 is 47.2 Å². The molecule has 8 heteroatoms. The van der Waals surface area contributed by atoms with E-state index < -0.39 is 0 Å². The van der Waals surface area contributed by atoms with Gasteiger partial charge in [-0.3, -0.25) is 9.79 Å². The van der Waals surface area contributed by atoms with E-state index in [1.165, 1.54) is 24.2 Å². The molecular formula is C17H30IN5OS. The topological polar surface area (TPSA) is 69.6 Å². The number of hydrogen-bond acceptors (Lipinski definition) is 4. The first-order valence-corrected chi connectivity index (χ1v) is 9.19. The lowest BCUT2D eigenvalue weighted by molar-refractivity contribution is 0.0957. The van der Waals surface area contributed by atoms with Gasteiger partial charge < -0.3 is 15.5 Å². The van der Waals surface area contributed by atoms with Crippen LogP contribution in [0.5, 0.6) is 0 Å². The molecule has 0 aliphatic heterocycles.